The zero-order chi connectivity index (χ0) is 23.4. The van der Waals surface area contributed by atoms with Gasteiger partial charge in [-0.1, -0.05) is 24.3 Å². The molecule has 0 unspecified atom stereocenters. The number of hydrogen-bond acceptors (Lipinski definition) is 7. The molecule has 7 nitrogen and oxygen atoms in total. The number of furan rings is 1. The number of amides is 2. The number of aromatic nitrogens is 1. The Bertz CT molecular complexity index is 1200. The average Bonchev–Trinajstić information content (AvgIpc) is 3.57. The van der Waals surface area contributed by atoms with Crippen molar-refractivity contribution in [2.24, 2.45) is 0 Å². The zero-order valence-electron chi connectivity index (χ0n) is 18.9. The standard InChI is InChI=1S/C24H26N4O3S2/c1-26(2)12-13-27(3)22(29)10-11-28(23(30)21-9-6-14-32-21)24-25-18(16-33-24)20-15-17-7-4-5-8-19(17)31-20/h4-9,14-16H,10-13H2,1-3H3. The molecule has 0 N–H and O–H groups in total. The lowest BCUT2D eigenvalue weighted by molar-refractivity contribution is -0.129. The lowest BCUT2D eigenvalue weighted by Gasteiger charge is -2.22. The van der Waals surface area contributed by atoms with Crippen molar-refractivity contribution in [3.8, 4) is 11.5 Å². The van der Waals surface area contributed by atoms with Gasteiger partial charge in [0.1, 0.15) is 11.3 Å². The van der Waals surface area contributed by atoms with Crippen LogP contribution in [0.5, 0.6) is 0 Å². The molecule has 0 atom stereocenters. The van der Waals surface area contributed by atoms with E-state index >= 15 is 0 Å². The maximum Gasteiger partial charge on any atom is 0.270 e. The van der Waals surface area contributed by atoms with Gasteiger partial charge < -0.3 is 14.2 Å². The summed E-state index contributed by atoms with van der Waals surface area (Å²) in [5, 5.41) is 5.30. The predicted molar refractivity (Wildman–Crippen MR) is 134 cm³/mol. The summed E-state index contributed by atoms with van der Waals surface area (Å²) in [4.78, 5) is 36.5. The summed E-state index contributed by atoms with van der Waals surface area (Å²) in [5.41, 5.74) is 1.46. The molecule has 9 heteroatoms. The number of thiazole rings is 1. The number of anilines is 1. The molecule has 33 heavy (non-hydrogen) atoms. The predicted octanol–water partition coefficient (Wildman–Crippen LogP) is 4.67. The lowest BCUT2D eigenvalue weighted by atomic mass is 10.2. The Kier molecular flexibility index (Phi) is 7.22. The minimum absolute atomic E-state index is 0.00473. The van der Waals surface area contributed by atoms with E-state index in [1.165, 1.54) is 22.7 Å². The van der Waals surface area contributed by atoms with Crippen LogP contribution in [0.25, 0.3) is 22.4 Å². The van der Waals surface area contributed by atoms with Gasteiger partial charge in [0.05, 0.1) is 4.88 Å². The number of carbonyl (C=O) groups excluding carboxylic acids is 2. The van der Waals surface area contributed by atoms with Gasteiger partial charge in [-0.2, -0.15) is 0 Å². The SMILES string of the molecule is CN(C)CCN(C)C(=O)CCN(C(=O)c1cccs1)c1nc(-c2cc3ccccc3o2)cs1. The Labute approximate surface area is 200 Å². The number of carbonyl (C=O) groups is 2. The van der Waals surface area contributed by atoms with Crippen LogP contribution in [0.3, 0.4) is 0 Å². The third-order valence-electron chi connectivity index (χ3n) is 5.24. The van der Waals surface area contributed by atoms with Crippen LogP contribution in [0.4, 0.5) is 5.13 Å². The molecule has 0 fully saturated rings. The van der Waals surface area contributed by atoms with Crippen molar-refractivity contribution in [3.63, 3.8) is 0 Å². The van der Waals surface area contributed by atoms with E-state index in [2.05, 4.69) is 0 Å². The number of fused-ring (bicyclic) bond motifs is 1. The number of likely N-dealkylation sites (N-methyl/N-ethyl adjacent to an activating group) is 2. The van der Waals surface area contributed by atoms with E-state index in [9.17, 15) is 9.59 Å². The molecule has 0 saturated carbocycles. The third-order valence-corrected chi connectivity index (χ3v) is 6.96. The van der Waals surface area contributed by atoms with E-state index in [1.807, 2.05) is 66.2 Å². The van der Waals surface area contributed by atoms with Crippen molar-refractivity contribution in [2.75, 3.05) is 45.7 Å². The third kappa shape index (κ3) is 5.50. The summed E-state index contributed by atoms with van der Waals surface area (Å²) in [5.74, 6) is 0.496. The summed E-state index contributed by atoms with van der Waals surface area (Å²) in [6, 6.07) is 13.4. The highest BCUT2D eigenvalue weighted by Gasteiger charge is 2.24. The first kappa shape index (κ1) is 23.2. The van der Waals surface area contributed by atoms with E-state index in [1.54, 1.807) is 22.9 Å². The van der Waals surface area contributed by atoms with Crippen LogP contribution >= 0.6 is 22.7 Å². The van der Waals surface area contributed by atoms with Crippen LogP contribution in [0.15, 0.2) is 57.6 Å². The molecule has 0 bridgehead atoms. The van der Waals surface area contributed by atoms with E-state index in [4.69, 9.17) is 9.40 Å². The molecule has 0 aliphatic carbocycles. The summed E-state index contributed by atoms with van der Waals surface area (Å²) < 4.78 is 5.93. The van der Waals surface area contributed by atoms with E-state index in [0.29, 0.717) is 28.0 Å². The highest BCUT2D eigenvalue weighted by Crippen LogP contribution is 2.32. The van der Waals surface area contributed by atoms with Crippen molar-refractivity contribution in [1.82, 2.24) is 14.8 Å². The van der Waals surface area contributed by atoms with Gasteiger partial charge in [0.25, 0.3) is 5.91 Å². The van der Waals surface area contributed by atoms with Crippen molar-refractivity contribution in [1.29, 1.82) is 0 Å². The Morgan fingerprint density at radius 1 is 1.00 bits per heavy atom. The van der Waals surface area contributed by atoms with Gasteiger partial charge in [0.2, 0.25) is 5.91 Å². The first-order valence-electron chi connectivity index (χ1n) is 10.6. The normalized spacial score (nSPS) is 11.3. The van der Waals surface area contributed by atoms with Gasteiger partial charge in [-0.25, -0.2) is 4.98 Å². The molecule has 0 spiro atoms. The fourth-order valence-corrected chi connectivity index (χ4v) is 4.81. The molecule has 0 saturated heterocycles. The second kappa shape index (κ2) is 10.3. The topological polar surface area (TPSA) is 69.9 Å². The number of benzene rings is 1. The van der Waals surface area contributed by atoms with Crippen molar-refractivity contribution < 1.29 is 14.0 Å². The average molecular weight is 483 g/mol. The van der Waals surface area contributed by atoms with Crippen LogP contribution < -0.4 is 4.90 Å². The summed E-state index contributed by atoms with van der Waals surface area (Å²) >= 11 is 2.75. The quantitative estimate of drug-likeness (QED) is 0.347. The molecule has 3 heterocycles. The van der Waals surface area contributed by atoms with Gasteiger partial charge in [0, 0.05) is 43.9 Å². The fraction of sp³-hybridized carbons (Fsp3) is 0.292. The second-order valence-electron chi connectivity index (χ2n) is 7.97. The number of hydrogen-bond donors (Lipinski definition) is 0. The van der Waals surface area contributed by atoms with Crippen molar-refractivity contribution in [3.05, 3.63) is 58.1 Å². The van der Waals surface area contributed by atoms with Crippen LogP contribution in [-0.4, -0.2) is 67.4 Å². The lowest BCUT2D eigenvalue weighted by Crippen LogP contribution is -2.37. The molecule has 2 amide bonds. The molecular formula is C24H26N4O3S2. The first-order chi connectivity index (χ1) is 15.9. The fourth-order valence-electron chi connectivity index (χ4n) is 3.30. The van der Waals surface area contributed by atoms with Crippen LogP contribution in [0.2, 0.25) is 0 Å². The van der Waals surface area contributed by atoms with Crippen molar-refractivity contribution in [2.45, 2.75) is 6.42 Å². The summed E-state index contributed by atoms with van der Waals surface area (Å²) in [6.07, 6.45) is 0.223. The maximum absolute atomic E-state index is 13.2. The Morgan fingerprint density at radius 3 is 2.55 bits per heavy atom. The van der Waals surface area contributed by atoms with Crippen LogP contribution in [-0.2, 0) is 4.79 Å². The molecule has 3 aromatic heterocycles. The van der Waals surface area contributed by atoms with E-state index in [-0.39, 0.29) is 24.8 Å². The number of rotatable bonds is 9. The van der Waals surface area contributed by atoms with Gasteiger partial charge >= 0.3 is 0 Å². The number of nitrogens with zero attached hydrogens (tertiary/aromatic N) is 4. The molecule has 172 valence electrons. The van der Waals surface area contributed by atoms with Crippen LogP contribution in [0.1, 0.15) is 16.1 Å². The monoisotopic (exact) mass is 482 g/mol. The number of thiophene rings is 1. The smallest absolute Gasteiger partial charge is 0.270 e. The first-order valence-corrected chi connectivity index (χ1v) is 12.4. The maximum atomic E-state index is 13.2. The molecule has 0 radical (unpaired) electrons. The van der Waals surface area contributed by atoms with Gasteiger partial charge in [-0.15, -0.1) is 22.7 Å². The molecule has 1 aromatic carbocycles. The molecular weight excluding hydrogens is 456 g/mol. The van der Waals surface area contributed by atoms with Crippen molar-refractivity contribution >= 4 is 50.6 Å². The summed E-state index contributed by atoms with van der Waals surface area (Å²) in [6.45, 7) is 1.68. The largest absolute Gasteiger partial charge is 0.454 e. The van der Waals surface area contributed by atoms with Gasteiger partial charge in [-0.05, 0) is 37.7 Å². The van der Waals surface area contributed by atoms with Crippen LogP contribution in [0, 0.1) is 0 Å². The zero-order valence-corrected chi connectivity index (χ0v) is 20.5. The molecule has 0 aliphatic rings. The van der Waals surface area contributed by atoms with Gasteiger partial charge in [0.15, 0.2) is 10.9 Å². The highest BCUT2D eigenvalue weighted by atomic mass is 32.1. The Morgan fingerprint density at radius 2 is 1.82 bits per heavy atom. The minimum atomic E-state index is -0.153. The number of para-hydroxylation sites is 1. The molecule has 0 aliphatic heterocycles. The molecule has 4 rings (SSSR count). The Balaban J connectivity index is 1.54. The summed E-state index contributed by atoms with van der Waals surface area (Å²) in [7, 11) is 5.74. The second-order valence-corrected chi connectivity index (χ2v) is 9.75. The highest BCUT2D eigenvalue weighted by molar-refractivity contribution is 7.14. The van der Waals surface area contributed by atoms with Gasteiger partial charge in [-0.3, -0.25) is 14.5 Å². The van der Waals surface area contributed by atoms with E-state index < -0.39 is 0 Å². The minimum Gasteiger partial charge on any atom is -0.454 e. The van der Waals surface area contributed by atoms with E-state index in [0.717, 1.165) is 17.5 Å². The Hall–Kier alpha value is -3.01. The molecule has 4 aromatic rings.